The first-order valence-corrected chi connectivity index (χ1v) is 9.79. The summed E-state index contributed by atoms with van der Waals surface area (Å²) in [5.41, 5.74) is 9.82. The number of ether oxygens (including phenoxy) is 1. The summed E-state index contributed by atoms with van der Waals surface area (Å²) in [7, 11) is 0. The molecule has 8 heteroatoms. The molecule has 1 aliphatic heterocycles. The number of imidazole rings is 1. The number of nitrogens with one attached hydrogen (secondary N) is 1. The maximum Gasteiger partial charge on any atom is 0.276 e. The summed E-state index contributed by atoms with van der Waals surface area (Å²) >= 11 is 0. The average Bonchev–Trinajstić information content (AvgIpc) is 3.25. The van der Waals surface area contributed by atoms with Crippen LogP contribution >= 0.6 is 0 Å². The van der Waals surface area contributed by atoms with Crippen LogP contribution in [0.3, 0.4) is 0 Å². The monoisotopic (exact) mass is 382 g/mol. The van der Waals surface area contributed by atoms with Crippen LogP contribution in [0.25, 0.3) is 11.0 Å². The molecule has 1 atom stereocenters. The maximum atomic E-state index is 13.0. The molecule has 3 N–H and O–H groups in total. The van der Waals surface area contributed by atoms with E-state index in [1.165, 1.54) is 0 Å². The lowest BCUT2D eigenvalue weighted by molar-refractivity contribution is 0.101. The van der Waals surface area contributed by atoms with Crippen LogP contribution in [0.15, 0.2) is 18.2 Å². The average molecular weight is 382 g/mol. The van der Waals surface area contributed by atoms with E-state index in [1.807, 2.05) is 26.0 Å². The van der Waals surface area contributed by atoms with Crippen molar-refractivity contribution in [1.29, 1.82) is 0 Å². The number of benzene rings is 1. The van der Waals surface area contributed by atoms with E-state index in [-0.39, 0.29) is 11.9 Å². The SMILES string of the molecule is CCC[C@H]1COc2cc(CN)cc3nc(NC(=O)c4cc(C)nn4CC)n1c23. The molecule has 0 aliphatic carbocycles. The molecule has 0 saturated carbocycles. The summed E-state index contributed by atoms with van der Waals surface area (Å²) in [4.78, 5) is 17.7. The van der Waals surface area contributed by atoms with Crippen LogP contribution in [0.5, 0.6) is 5.75 Å². The molecule has 1 amide bonds. The Morgan fingerprint density at radius 3 is 2.89 bits per heavy atom. The van der Waals surface area contributed by atoms with Crippen molar-refractivity contribution in [3.63, 3.8) is 0 Å². The summed E-state index contributed by atoms with van der Waals surface area (Å²) in [5, 5.41) is 7.37. The topological polar surface area (TPSA) is 100.0 Å². The van der Waals surface area contributed by atoms with E-state index in [0.29, 0.717) is 31.3 Å². The molecule has 3 aromatic rings. The zero-order valence-electron chi connectivity index (χ0n) is 16.5. The molecule has 1 aliphatic rings. The Bertz CT molecular complexity index is 1040. The predicted molar refractivity (Wildman–Crippen MR) is 108 cm³/mol. The van der Waals surface area contributed by atoms with Gasteiger partial charge in [-0.15, -0.1) is 0 Å². The molecule has 2 aromatic heterocycles. The van der Waals surface area contributed by atoms with Crippen molar-refractivity contribution in [2.24, 2.45) is 5.73 Å². The summed E-state index contributed by atoms with van der Waals surface area (Å²) in [6.45, 7) is 7.58. The fraction of sp³-hybridized carbons (Fsp3) is 0.450. The Hall–Kier alpha value is -2.87. The van der Waals surface area contributed by atoms with E-state index >= 15 is 0 Å². The van der Waals surface area contributed by atoms with E-state index in [2.05, 4.69) is 21.9 Å². The Kier molecular flexibility index (Phi) is 4.80. The lowest BCUT2D eigenvalue weighted by atomic mass is 10.1. The van der Waals surface area contributed by atoms with Crippen molar-refractivity contribution >= 4 is 22.9 Å². The van der Waals surface area contributed by atoms with Crippen molar-refractivity contribution < 1.29 is 9.53 Å². The number of carbonyl (C=O) groups is 1. The standard InChI is InChI=1S/C20H26N6O2/c1-4-6-14-11-28-17-9-13(10-21)8-15-18(17)26(14)20(22-15)23-19(27)16-7-12(3)24-25(16)5-2/h7-9,14H,4-6,10-11,21H2,1-3H3,(H,22,23,27)/t14-/m0/s1. The van der Waals surface area contributed by atoms with E-state index in [0.717, 1.165) is 40.9 Å². The lowest BCUT2D eigenvalue weighted by Gasteiger charge is -2.27. The van der Waals surface area contributed by atoms with Gasteiger partial charge >= 0.3 is 0 Å². The number of amides is 1. The molecule has 148 valence electrons. The lowest BCUT2D eigenvalue weighted by Crippen LogP contribution is -2.26. The van der Waals surface area contributed by atoms with Crippen LogP contribution in [0, 0.1) is 6.92 Å². The third-order valence-electron chi connectivity index (χ3n) is 5.12. The quantitative estimate of drug-likeness (QED) is 0.683. The van der Waals surface area contributed by atoms with E-state index in [1.54, 1.807) is 10.7 Å². The van der Waals surface area contributed by atoms with Crippen LogP contribution in [-0.2, 0) is 13.1 Å². The summed E-state index contributed by atoms with van der Waals surface area (Å²) in [6, 6.07) is 5.84. The number of nitrogens with zero attached hydrogens (tertiary/aromatic N) is 4. The number of nitrogens with two attached hydrogens (primary N) is 1. The highest BCUT2D eigenvalue weighted by Gasteiger charge is 2.28. The zero-order valence-corrected chi connectivity index (χ0v) is 16.5. The van der Waals surface area contributed by atoms with Gasteiger partial charge in [0.1, 0.15) is 23.6 Å². The van der Waals surface area contributed by atoms with Crippen LogP contribution < -0.4 is 15.8 Å². The number of rotatable bonds is 6. The maximum absolute atomic E-state index is 13.0. The normalized spacial score (nSPS) is 15.6. The van der Waals surface area contributed by atoms with Gasteiger partial charge in [-0.25, -0.2) is 4.98 Å². The smallest absolute Gasteiger partial charge is 0.276 e. The van der Waals surface area contributed by atoms with E-state index < -0.39 is 0 Å². The second-order valence-corrected chi connectivity index (χ2v) is 7.17. The third kappa shape index (κ3) is 3.03. The molecule has 8 nitrogen and oxygen atoms in total. The molecule has 0 bridgehead atoms. The van der Waals surface area contributed by atoms with Crippen molar-refractivity contribution in [3.8, 4) is 5.75 Å². The molecular weight excluding hydrogens is 356 g/mol. The molecule has 0 radical (unpaired) electrons. The molecule has 3 heterocycles. The number of aryl methyl sites for hydroxylation is 2. The highest BCUT2D eigenvalue weighted by atomic mass is 16.5. The van der Waals surface area contributed by atoms with Gasteiger partial charge in [-0.2, -0.15) is 5.10 Å². The van der Waals surface area contributed by atoms with Crippen molar-refractivity contribution in [3.05, 3.63) is 35.2 Å². The van der Waals surface area contributed by atoms with Crippen LogP contribution in [0.1, 0.15) is 54.5 Å². The van der Waals surface area contributed by atoms with Gasteiger partial charge in [-0.05, 0) is 44.0 Å². The van der Waals surface area contributed by atoms with Gasteiger partial charge in [0.15, 0.2) is 0 Å². The fourth-order valence-electron chi connectivity index (χ4n) is 3.86. The summed E-state index contributed by atoms with van der Waals surface area (Å²) < 4.78 is 9.81. The summed E-state index contributed by atoms with van der Waals surface area (Å²) in [6.07, 6.45) is 1.96. The summed E-state index contributed by atoms with van der Waals surface area (Å²) in [5.74, 6) is 1.10. The highest BCUT2D eigenvalue weighted by Crippen LogP contribution is 2.38. The van der Waals surface area contributed by atoms with Gasteiger partial charge in [-0.1, -0.05) is 13.3 Å². The van der Waals surface area contributed by atoms with Gasteiger partial charge in [0.05, 0.1) is 17.3 Å². The predicted octanol–water partition coefficient (Wildman–Crippen LogP) is 3.01. The number of hydrogen-bond acceptors (Lipinski definition) is 5. The molecule has 1 aromatic carbocycles. The fourth-order valence-corrected chi connectivity index (χ4v) is 3.86. The van der Waals surface area contributed by atoms with Crippen LogP contribution in [-0.4, -0.2) is 31.8 Å². The van der Waals surface area contributed by atoms with Gasteiger partial charge in [0.2, 0.25) is 5.95 Å². The Morgan fingerprint density at radius 1 is 1.36 bits per heavy atom. The second-order valence-electron chi connectivity index (χ2n) is 7.17. The van der Waals surface area contributed by atoms with Crippen molar-refractivity contribution in [2.75, 3.05) is 11.9 Å². The minimum atomic E-state index is -0.212. The van der Waals surface area contributed by atoms with Gasteiger partial charge < -0.3 is 15.0 Å². The highest BCUT2D eigenvalue weighted by molar-refractivity contribution is 6.03. The third-order valence-corrected chi connectivity index (χ3v) is 5.12. The number of hydrogen-bond donors (Lipinski definition) is 2. The molecule has 28 heavy (non-hydrogen) atoms. The number of anilines is 1. The van der Waals surface area contributed by atoms with Crippen molar-refractivity contribution in [1.82, 2.24) is 19.3 Å². The van der Waals surface area contributed by atoms with Gasteiger partial charge in [-0.3, -0.25) is 14.8 Å². The first-order chi connectivity index (χ1) is 13.5. The Labute approximate surface area is 163 Å². The van der Waals surface area contributed by atoms with E-state index in [4.69, 9.17) is 15.5 Å². The Morgan fingerprint density at radius 2 is 2.18 bits per heavy atom. The van der Waals surface area contributed by atoms with Crippen LogP contribution in [0.2, 0.25) is 0 Å². The first kappa shape index (κ1) is 18.5. The van der Waals surface area contributed by atoms with Crippen LogP contribution in [0.4, 0.5) is 5.95 Å². The Balaban J connectivity index is 1.79. The second kappa shape index (κ2) is 7.27. The minimum absolute atomic E-state index is 0.124. The number of carbonyl (C=O) groups excluding carboxylic acids is 1. The minimum Gasteiger partial charge on any atom is -0.489 e. The molecule has 4 rings (SSSR count). The molecule has 0 saturated heterocycles. The molecule has 0 fully saturated rings. The van der Waals surface area contributed by atoms with Gasteiger partial charge in [0, 0.05) is 13.1 Å². The molecular formula is C20H26N6O2. The zero-order chi connectivity index (χ0) is 19.8. The van der Waals surface area contributed by atoms with Gasteiger partial charge in [0.25, 0.3) is 5.91 Å². The number of aromatic nitrogens is 4. The molecule has 0 spiro atoms. The van der Waals surface area contributed by atoms with E-state index in [9.17, 15) is 4.79 Å². The molecule has 0 unspecified atom stereocenters. The largest absolute Gasteiger partial charge is 0.489 e. The van der Waals surface area contributed by atoms with Crippen molar-refractivity contribution in [2.45, 2.75) is 52.7 Å². The first-order valence-electron chi connectivity index (χ1n) is 9.79.